The highest BCUT2D eigenvalue weighted by atomic mass is 16.5. The van der Waals surface area contributed by atoms with E-state index in [4.69, 9.17) is 10.5 Å². The van der Waals surface area contributed by atoms with Crippen LogP contribution in [0.4, 0.5) is 0 Å². The van der Waals surface area contributed by atoms with E-state index >= 15 is 0 Å². The van der Waals surface area contributed by atoms with Crippen LogP contribution in [-0.4, -0.2) is 55.1 Å². The van der Waals surface area contributed by atoms with Crippen molar-refractivity contribution in [2.45, 2.75) is 19.3 Å². The maximum Gasteiger partial charge on any atom is 0.267 e. The van der Waals surface area contributed by atoms with E-state index in [-0.39, 0.29) is 5.91 Å². The first-order chi connectivity index (χ1) is 11.3. The van der Waals surface area contributed by atoms with E-state index < -0.39 is 0 Å². The minimum Gasteiger partial charge on any atom is -0.378 e. The van der Waals surface area contributed by atoms with Crippen LogP contribution < -0.4 is 5.73 Å². The molecule has 0 saturated carbocycles. The Bertz CT molecular complexity index is 559. The van der Waals surface area contributed by atoms with Crippen molar-refractivity contribution >= 4 is 11.6 Å². The van der Waals surface area contributed by atoms with Crippen LogP contribution in [0.25, 0.3) is 5.70 Å². The van der Waals surface area contributed by atoms with Gasteiger partial charge in [-0.1, -0.05) is 30.3 Å². The number of benzene rings is 1. The smallest absolute Gasteiger partial charge is 0.267 e. The third-order valence-corrected chi connectivity index (χ3v) is 4.50. The molecule has 2 N–H and O–H groups in total. The summed E-state index contributed by atoms with van der Waals surface area (Å²) in [6.07, 6.45) is 3.45. The van der Waals surface area contributed by atoms with Crippen molar-refractivity contribution in [3.8, 4) is 0 Å². The van der Waals surface area contributed by atoms with Crippen LogP contribution in [0.1, 0.15) is 24.8 Å². The van der Waals surface area contributed by atoms with Gasteiger partial charge in [-0.2, -0.15) is 0 Å². The van der Waals surface area contributed by atoms with E-state index in [2.05, 4.69) is 21.9 Å². The second kappa shape index (κ2) is 7.51. The van der Waals surface area contributed by atoms with Crippen molar-refractivity contribution in [3.05, 3.63) is 41.6 Å². The Labute approximate surface area is 137 Å². The number of likely N-dealkylation sites (tertiary alicyclic amines) is 1. The van der Waals surface area contributed by atoms with Crippen molar-refractivity contribution in [1.29, 1.82) is 0 Å². The molecular weight excluding hydrogens is 290 g/mol. The summed E-state index contributed by atoms with van der Waals surface area (Å²) in [4.78, 5) is 16.7. The number of nitrogens with two attached hydrogens (primary N) is 1. The Hall–Kier alpha value is -2.01. The highest BCUT2D eigenvalue weighted by Crippen LogP contribution is 2.28. The summed E-state index contributed by atoms with van der Waals surface area (Å²) < 4.78 is 5.48. The summed E-state index contributed by atoms with van der Waals surface area (Å²) in [5, 5.41) is 0. The lowest BCUT2D eigenvalue weighted by Gasteiger charge is -2.37. The monoisotopic (exact) mass is 315 g/mol. The number of amides is 1. The van der Waals surface area contributed by atoms with Gasteiger partial charge < -0.3 is 20.3 Å². The maximum absolute atomic E-state index is 12.3. The standard InChI is InChI=1S/C18H25N3O2/c19-18(22)17(20-9-5-2-6-10-20)16(15-7-3-1-4-8-15)21-11-13-23-14-12-21/h1,3-4,7-8H,2,5-6,9-14H2,(H2,19,22). The van der Waals surface area contributed by atoms with Gasteiger partial charge in [0.1, 0.15) is 5.70 Å². The molecule has 0 bridgehead atoms. The number of morpholine rings is 1. The molecule has 0 radical (unpaired) electrons. The van der Waals surface area contributed by atoms with Crippen molar-refractivity contribution in [1.82, 2.24) is 9.80 Å². The lowest BCUT2D eigenvalue weighted by molar-refractivity contribution is -0.116. The minimum atomic E-state index is -0.336. The molecule has 0 aromatic heterocycles. The first-order valence-corrected chi connectivity index (χ1v) is 8.44. The molecule has 23 heavy (non-hydrogen) atoms. The molecule has 0 atom stereocenters. The number of piperidine rings is 1. The van der Waals surface area contributed by atoms with Crippen LogP contribution >= 0.6 is 0 Å². The molecule has 1 aromatic carbocycles. The first-order valence-electron chi connectivity index (χ1n) is 8.44. The topological polar surface area (TPSA) is 58.8 Å². The summed E-state index contributed by atoms with van der Waals surface area (Å²) in [5.74, 6) is -0.336. The molecule has 2 heterocycles. The molecule has 124 valence electrons. The zero-order valence-electron chi connectivity index (χ0n) is 13.5. The number of nitrogens with zero attached hydrogens (tertiary/aromatic N) is 2. The summed E-state index contributed by atoms with van der Waals surface area (Å²) in [6, 6.07) is 10.1. The fraction of sp³-hybridized carbons (Fsp3) is 0.500. The molecule has 2 saturated heterocycles. The van der Waals surface area contributed by atoms with Gasteiger partial charge in [0.05, 0.1) is 18.9 Å². The Morgan fingerprint density at radius 1 is 0.913 bits per heavy atom. The van der Waals surface area contributed by atoms with E-state index in [0.29, 0.717) is 18.9 Å². The second-order valence-electron chi connectivity index (χ2n) is 6.07. The number of carbonyl (C=O) groups excluding carboxylic acids is 1. The molecule has 0 spiro atoms. The van der Waals surface area contributed by atoms with Crippen LogP contribution in [0.15, 0.2) is 36.0 Å². The van der Waals surface area contributed by atoms with Gasteiger partial charge in [-0.25, -0.2) is 0 Å². The second-order valence-corrected chi connectivity index (χ2v) is 6.07. The molecular formula is C18H25N3O2. The highest BCUT2D eigenvalue weighted by Gasteiger charge is 2.27. The zero-order chi connectivity index (χ0) is 16.1. The lowest BCUT2D eigenvalue weighted by Crippen LogP contribution is -2.41. The third kappa shape index (κ3) is 3.67. The van der Waals surface area contributed by atoms with Gasteiger partial charge in [0.15, 0.2) is 0 Å². The van der Waals surface area contributed by atoms with Crippen molar-refractivity contribution in [2.24, 2.45) is 5.73 Å². The van der Waals surface area contributed by atoms with Crippen molar-refractivity contribution in [3.63, 3.8) is 0 Å². The zero-order valence-corrected chi connectivity index (χ0v) is 13.5. The summed E-state index contributed by atoms with van der Waals surface area (Å²) in [6.45, 7) is 4.74. The normalized spacial score (nSPS) is 20.2. The fourth-order valence-electron chi connectivity index (χ4n) is 3.39. The number of rotatable bonds is 4. The van der Waals surface area contributed by atoms with Crippen LogP contribution in [0, 0.1) is 0 Å². The number of hydrogen-bond acceptors (Lipinski definition) is 4. The van der Waals surface area contributed by atoms with Gasteiger partial charge in [0, 0.05) is 31.7 Å². The van der Waals surface area contributed by atoms with Crippen LogP contribution in [0.3, 0.4) is 0 Å². The molecule has 0 aliphatic carbocycles. The largest absolute Gasteiger partial charge is 0.378 e. The molecule has 0 unspecified atom stereocenters. The van der Waals surface area contributed by atoms with E-state index in [1.807, 2.05) is 18.2 Å². The Morgan fingerprint density at radius 2 is 1.57 bits per heavy atom. The molecule has 2 fully saturated rings. The molecule has 5 nitrogen and oxygen atoms in total. The predicted octanol–water partition coefficient (Wildman–Crippen LogP) is 1.66. The summed E-state index contributed by atoms with van der Waals surface area (Å²) in [5.41, 5.74) is 8.49. The number of hydrogen-bond donors (Lipinski definition) is 1. The lowest BCUT2D eigenvalue weighted by atomic mass is 10.0. The average molecular weight is 315 g/mol. The first kappa shape index (κ1) is 15.9. The number of primary amides is 1. The fourth-order valence-corrected chi connectivity index (χ4v) is 3.39. The third-order valence-electron chi connectivity index (χ3n) is 4.50. The Balaban J connectivity index is 2.06. The van der Waals surface area contributed by atoms with Gasteiger partial charge in [-0.05, 0) is 19.3 Å². The molecule has 2 aliphatic heterocycles. The quantitative estimate of drug-likeness (QED) is 0.859. The molecule has 5 heteroatoms. The average Bonchev–Trinajstić information content (AvgIpc) is 2.61. The summed E-state index contributed by atoms with van der Waals surface area (Å²) >= 11 is 0. The van der Waals surface area contributed by atoms with E-state index in [9.17, 15) is 4.79 Å². The number of ether oxygens (including phenoxy) is 1. The maximum atomic E-state index is 12.3. The van der Waals surface area contributed by atoms with Gasteiger partial charge in [-0.15, -0.1) is 0 Å². The Kier molecular flexibility index (Phi) is 5.18. The number of carbonyl (C=O) groups is 1. The molecule has 1 amide bonds. The molecule has 3 rings (SSSR count). The van der Waals surface area contributed by atoms with E-state index in [0.717, 1.165) is 50.3 Å². The molecule has 1 aromatic rings. The SMILES string of the molecule is NC(=O)C(=C(c1ccccc1)N1CCOCC1)N1CCCCC1. The van der Waals surface area contributed by atoms with Crippen molar-refractivity contribution < 1.29 is 9.53 Å². The van der Waals surface area contributed by atoms with Gasteiger partial charge >= 0.3 is 0 Å². The van der Waals surface area contributed by atoms with Gasteiger partial charge in [0.25, 0.3) is 5.91 Å². The minimum absolute atomic E-state index is 0.336. The molecule has 2 aliphatic rings. The van der Waals surface area contributed by atoms with E-state index in [1.165, 1.54) is 6.42 Å². The summed E-state index contributed by atoms with van der Waals surface area (Å²) in [7, 11) is 0. The Morgan fingerprint density at radius 3 is 2.17 bits per heavy atom. The van der Waals surface area contributed by atoms with Crippen LogP contribution in [0.5, 0.6) is 0 Å². The highest BCUT2D eigenvalue weighted by molar-refractivity contribution is 5.99. The van der Waals surface area contributed by atoms with E-state index in [1.54, 1.807) is 0 Å². The van der Waals surface area contributed by atoms with Gasteiger partial charge in [-0.3, -0.25) is 4.79 Å². The van der Waals surface area contributed by atoms with Crippen LogP contribution in [-0.2, 0) is 9.53 Å². The van der Waals surface area contributed by atoms with Crippen molar-refractivity contribution in [2.75, 3.05) is 39.4 Å². The predicted molar refractivity (Wildman–Crippen MR) is 90.4 cm³/mol. The van der Waals surface area contributed by atoms with Crippen LogP contribution in [0.2, 0.25) is 0 Å². The van der Waals surface area contributed by atoms with Gasteiger partial charge in [0.2, 0.25) is 0 Å².